The molecule has 0 radical (unpaired) electrons. The number of benzene rings is 1. The molecule has 0 aromatic heterocycles. The quantitative estimate of drug-likeness (QED) is 0.325. The maximum Gasteiger partial charge on any atom is 0.401 e. The summed E-state index contributed by atoms with van der Waals surface area (Å²) < 4.78 is 52.3. The molecule has 35 heavy (non-hydrogen) atoms. The largest absolute Gasteiger partial charge is 0.401 e. The summed E-state index contributed by atoms with van der Waals surface area (Å²) in [4.78, 5) is 0. The summed E-state index contributed by atoms with van der Waals surface area (Å²) in [5.41, 5.74) is 2.88. The topological polar surface area (TPSA) is 44.3 Å². The van der Waals surface area contributed by atoms with Crippen LogP contribution in [-0.4, -0.2) is 36.5 Å². The molecule has 0 heterocycles. The van der Waals surface area contributed by atoms with Crippen LogP contribution in [0.4, 0.5) is 17.6 Å². The molecule has 2 aliphatic carbocycles. The van der Waals surface area contributed by atoms with Crippen LogP contribution in [0.25, 0.3) is 0 Å². The number of hydrogen-bond donors (Lipinski definition) is 3. The third kappa shape index (κ3) is 8.72. The molecule has 7 heteroatoms. The Morgan fingerprint density at radius 3 is 2.40 bits per heavy atom. The van der Waals surface area contributed by atoms with Crippen molar-refractivity contribution in [3.8, 4) is 0 Å². The van der Waals surface area contributed by atoms with E-state index < -0.39 is 24.9 Å². The summed E-state index contributed by atoms with van der Waals surface area (Å²) in [5.74, 6) is -0.307. The van der Waals surface area contributed by atoms with Gasteiger partial charge in [-0.1, -0.05) is 70.4 Å². The van der Waals surface area contributed by atoms with Crippen molar-refractivity contribution in [3.05, 3.63) is 58.9 Å². The molecule has 3 rings (SSSR count). The van der Waals surface area contributed by atoms with Crippen LogP contribution in [0.2, 0.25) is 0 Å². The first-order valence-corrected chi connectivity index (χ1v) is 12.7. The van der Waals surface area contributed by atoms with E-state index in [0.717, 1.165) is 38.5 Å². The van der Waals surface area contributed by atoms with Gasteiger partial charge in [-0.25, -0.2) is 4.39 Å². The zero-order valence-corrected chi connectivity index (χ0v) is 21.1. The minimum Gasteiger partial charge on any atom is -0.390 e. The van der Waals surface area contributed by atoms with E-state index in [4.69, 9.17) is 0 Å². The number of nitrogens with one attached hydrogen (secondary N) is 2. The van der Waals surface area contributed by atoms with Gasteiger partial charge in [0, 0.05) is 24.5 Å². The molecule has 1 fully saturated rings. The van der Waals surface area contributed by atoms with Gasteiger partial charge in [-0.2, -0.15) is 13.2 Å². The lowest BCUT2D eigenvalue weighted by atomic mass is 9.75. The van der Waals surface area contributed by atoms with Gasteiger partial charge >= 0.3 is 6.18 Å². The number of aliphatic hydroxyl groups is 1. The van der Waals surface area contributed by atoms with Gasteiger partial charge < -0.3 is 15.7 Å². The normalized spacial score (nSPS) is 20.3. The Labute approximate surface area is 207 Å². The second kappa shape index (κ2) is 11.6. The summed E-state index contributed by atoms with van der Waals surface area (Å²) in [7, 11) is 0. The maximum atomic E-state index is 13.5. The molecule has 0 aliphatic heterocycles. The molecule has 1 aromatic rings. The molecule has 1 aromatic carbocycles. The lowest BCUT2D eigenvalue weighted by Crippen LogP contribution is -2.53. The number of allylic oxidation sites excluding steroid dienone is 3. The Hall–Kier alpha value is -1.70. The highest BCUT2D eigenvalue weighted by molar-refractivity contribution is 5.32. The highest BCUT2D eigenvalue weighted by atomic mass is 19.4. The van der Waals surface area contributed by atoms with E-state index in [1.54, 1.807) is 6.08 Å². The van der Waals surface area contributed by atoms with Crippen LogP contribution in [0.5, 0.6) is 0 Å². The van der Waals surface area contributed by atoms with Crippen LogP contribution < -0.4 is 10.6 Å². The van der Waals surface area contributed by atoms with Crippen LogP contribution in [0, 0.1) is 5.41 Å². The van der Waals surface area contributed by atoms with Gasteiger partial charge in [-0.05, 0) is 53.9 Å². The van der Waals surface area contributed by atoms with Gasteiger partial charge in [0.15, 0.2) is 0 Å². The SMILES string of the molecule is CC(C)(C)Cc1cccc(C2(NCC(O)C(CC3=CCC(F)=C3)NCC(F)(F)F)CCCCC2)c1. The van der Waals surface area contributed by atoms with E-state index in [1.165, 1.54) is 17.2 Å². The van der Waals surface area contributed by atoms with Crippen LogP contribution in [0.1, 0.15) is 76.8 Å². The fraction of sp³-hybridized carbons (Fsp3) is 0.643. The molecular formula is C28H40F4N2O. The Kier molecular flexibility index (Phi) is 9.22. The van der Waals surface area contributed by atoms with Crippen molar-refractivity contribution in [2.24, 2.45) is 5.41 Å². The van der Waals surface area contributed by atoms with Gasteiger partial charge in [-0.15, -0.1) is 0 Å². The summed E-state index contributed by atoms with van der Waals surface area (Å²) in [6.07, 6.45) is 3.89. The number of halogens is 4. The first kappa shape index (κ1) is 27.9. The third-order valence-electron chi connectivity index (χ3n) is 6.96. The molecule has 0 spiro atoms. The highest BCUT2D eigenvalue weighted by Crippen LogP contribution is 2.38. The van der Waals surface area contributed by atoms with Crippen molar-refractivity contribution in [1.29, 1.82) is 0 Å². The molecule has 0 amide bonds. The Morgan fingerprint density at radius 2 is 1.80 bits per heavy atom. The van der Waals surface area contributed by atoms with Crippen molar-refractivity contribution in [2.45, 2.75) is 96.0 Å². The lowest BCUT2D eigenvalue weighted by Gasteiger charge is -2.40. The van der Waals surface area contributed by atoms with E-state index in [2.05, 4.69) is 55.7 Å². The van der Waals surface area contributed by atoms with Gasteiger partial charge in [-0.3, -0.25) is 0 Å². The second-order valence-electron chi connectivity index (χ2n) is 11.4. The van der Waals surface area contributed by atoms with Crippen molar-refractivity contribution < 1.29 is 22.7 Å². The van der Waals surface area contributed by atoms with E-state index >= 15 is 0 Å². The molecule has 0 bridgehead atoms. The first-order valence-electron chi connectivity index (χ1n) is 12.7. The predicted molar refractivity (Wildman–Crippen MR) is 133 cm³/mol. The molecule has 196 valence electrons. The van der Waals surface area contributed by atoms with Crippen molar-refractivity contribution in [1.82, 2.24) is 10.6 Å². The van der Waals surface area contributed by atoms with Crippen LogP contribution >= 0.6 is 0 Å². The zero-order chi connectivity index (χ0) is 25.7. The standard InChI is InChI=1S/C28H40F4N2O/c1-26(2,3)17-21-8-7-9-22(14-21)27(12-5-4-6-13-27)34-18-25(35)24(33-19-28(30,31)32)16-20-10-11-23(29)15-20/h7-10,14-15,24-25,33-35H,4-6,11-13,16-19H2,1-3H3. The number of aliphatic hydroxyl groups excluding tert-OH is 1. The molecule has 3 nitrogen and oxygen atoms in total. The lowest BCUT2D eigenvalue weighted by molar-refractivity contribution is -0.127. The Morgan fingerprint density at radius 1 is 1.09 bits per heavy atom. The van der Waals surface area contributed by atoms with Gasteiger partial charge in [0.2, 0.25) is 0 Å². The highest BCUT2D eigenvalue weighted by Gasteiger charge is 2.36. The minimum absolute atomic E-state index is 0.139. The second-order valence-corrected chi connectivity index (χ2v) is 11.4. The smallest absolute Gasteiger partial charge is 0.390 e. The van der Waals surface area contributed by atoms with Crippen molar-refractivity contribution in [3.63, 3.8) is 0 Å². The first-order chi connectivity index (χ1) is 16.4. The number of rotatable bonds is 10. The average molecular weight is 497 g/mol. The molecule has 2 atom stereocenters. The summed E-state index contributed by atoms with van der Waals surface area (Å²) >= 11 is 0. The van der Waals surface area contributed by atoms with Crippen LogP contribution in [-0.2, 0) is 12.0 Å². The van der Waals surface area contributed by atoms with Gasteiger partial charge in [0.25, 0.3) is 0 Å². The number of hydrogen-bond acceptors (Lipinski definition) is 3. The van der Waals surface area contributed by atoms with Crippen molar-refractivity contribution in [2.75, 3.05) is 13.1 Å². The fourth-order valence-corrected chi connectivity index (χ4v) is 5.29. The summed E-state index contributed by atoms with van der Waals surface area (Å²) in [6, 6.07) is 7.73. The maximum absolute atomic E-state index is 13.5. The number of alkyl halides is 3. The minimum atomic E-state index is -4.39. The van der Waals surface area contributed by atoms with E-state index in [1.807, 2.05) is 0 Å². The summed E-state index contributed by atoms with van der Waals surface area (Å²) in [5, 5.41) is 17.0. The molecule has 1 saturated carbocycles. The molecular weight excluding hydrogens is 456 g/mol. The average Bonchev–Trinajstić information content (AvgIpc) is 3.18. The van der Waals surface area contributed by atoms with Gasteiger partial charge in [0.1, 0.15) is 5.83 Å². The predicted octanol–water partition coefficient (Wildman–Crippen LogP) is 6.48. The molecule has 3 N–H and O–H groups in total. The monoisotopic (exact) mass is 496 g/mol. The van der Waals surface area contributed by atoms with Gasteiger partial charge in [0.05, 0.1) is 12.6 Å². The van der Waals surface area contributed by atoms with Crippen molar-refractivity contribution >= 4 is 0 Å². The fourth-order valence-electron chi connectivity index (χ4n) is 5.29. The third-order valence-corrected chi connectivity index (χ3v) is 6.96. The van der Waals surface area contributed by atoms with Crippen LogP contribution in [0.15, 0.2) is 47.8 Å². The Balaban J connectivity index is 1.75. The van der Waals surface area contributed by atoms with E-state index in [-0.39, 0.29) is 36.2 Å². The molecule has 2 aliphatic rings. The summed E-state index contributed by atoms with van der Waals surface area (Å²) in [6.45, 7) is 5.57. The molecule has 0 saturated heterocycles. The van der Waals surface area contributed by atoms with E-state index in [0.29, 0.717) is 5.57 Å². The molecule has 2 unspecified atom stereocenters. The zero-order valence-electron chi connectivity index (χ0n) is 21.1. The Bertz CT molecular complexity index is 895. The van der Waals surface area contributed by atoms with E-state index in [9.17, 15) is 22.7 Å². The van der Waals surface area contributed by atoms with Crippen LogP contribution in [0.3, 0.4) is 0 Å².